The van der Waals surface area contributed by atoms with E-state index in [4.69, 9.17) is 4.74 Å². The molecule has 6 heteroatoms. The Kier molecular flexibility index (Phi) is 2.59. The molecule has 2 N–H and O–H groups in total. The van der Waals surface area contributed by atoms with E-state index in [-0.39, 0.29) is 17.8 Å². The lowest BCUT2D eigenvalue weighted by atomic mass is 10.3. The molecule has 0 aromatic carbocycles. The van der Waals surface area contributed by atoms with Crippen LogP contribution in [0.5, 0.6) is 11.8 Å². The smallest absolute Gasteiger partial charge is 0.232 e. The van der Waals surface area contributed by atoms with Gasteiger partial charge in [-0.2, -0.15) is 9.97 Å². The monoisotopic (exact) mass is 211 g/mol. The molecule has 2 heterocycles. The quantitative estimate of drug-likeness (QED) is 0.686. The van der Waals surface area contributed by atoms with Gasteiger partial charge in [0.1, 0.15) is 0 Å². The average Bonchev–Trinajstić information content (AvgIpc) is 2.16. The second kappa shape index (κ2) is 3.90. The number of aromatic nitrogens is 2. The summed E-state index contributed by atoms with van der Waals surface area (Å²) in [4.78, 5) is 9.62. The molecule has 2 rings (SSSR count). The summed E-state index contributed by atoms with van der Waals surface area (Å²) in [6, 6.07) is 1.24. The van der Waals surface area contributed by atoms with Gasteiger partial charge in [-0.05, 0) is 6.92 Å². The van der Waals surface area contributed by atoms with Crippen LogP contribution in [0.1, 0.15) is 6.92 Å². The minimum Gasteiger partial charge on any atom is -0.493 e. The first-order valence-corrected chi connectivity index (χ1v) is 4.78. The van der Waals surface area contributed by atoms with E-state index in [2.05, 4.69) is 9.97 Å². The lowest BCUT2D eigenvalue weighted by Gasteiger charge is -2.33. The zero-order valence-electron chi connectivity index (χ0n) is 8.42. The minimum atomic E-state index is -0.226. The summed E-state index contributed by atoms with van der Waals surface area (Å²) in [5, 5.41) is 18.5. The van der Waals surface area contributed by atoms with E-state index in [9.17, 15) is 10.2 Å². The second-order valence-electron chi connectivity index (χ2n) is 3.50. The predicted molar refractivity (Wildman–Crippen MR) is 53.0 cm³/mol. The maximum absolute atomic E-state index is 9.24. The standard InChI is InChI=1S/C9H13N3O3/c1-6-5-15-3-2-12(6)9-10-7(13)4-8(14)11-9/h4,6H,2-3,5H2,1H3,(H2,10,11,13,14)/t6-/m0/s1. The van der Waals surface area contributed by atoms with Gasteiger partial charge in [-0.1, -0.05) is 0 Å². The third-order valence-electron chi connectivity index (χ3n) is 2.31. The van der Waals surface area contributed by atoms with Gasteiger partial charge in [0.25, 0.3) is 0 Å². The molecule has 1 aliphatic rings. The Morgan fingerprint density at radius 1 is 1.40 bits per heavy atom. The lowest BCUT2D eigenvalue weighted by molar-refractivity contribution is 0.0979. The highest BCUT2D eigenvalue weighted by atomic mass is 16.5. The van der Waals surface area contributed by atoms with Crippen molar-refractivity contribution >= 4 is 5.95 Å². The molecule has 0 unspecified atom stereocenters. The summed E-state index contributed by atoms with van der Waals surface area (Å²) in [5.41, 5.74) is 0. The number of aromatic hydroxyl groups is 2. The Balaban J connectivity index is 2.27. The highest BCUT2D eigenvalue weighted by molar-refractivity contribution is 5.37. The molecule has 6 nitrogen and oxygen atoms in total. The van der Waals surface area contributed by atoms with Crippen LogP contribution < -0.4 is 4.90 Å². The Morgan fingerprint density at radius 2 is 2.07 bits per heavy atom. The van der Waals surface area contributed by atoms with E-state index < -0.39 is 0 Å². The Morgan fingerprint density at radius 3 is 2.67 bits per heavy atom. The number of nitrogens with zero attached hydrogens (tertiary/aromatic N) is 3. The zero-order valence-corrected chi connectivity index (χ0v) is 8.42. The summed E-state index contributed by atoms with van der Waals surface area (Å²) >= 11 is 0. The van der Waals surface area contributed by atoms with Gasteiger partial charge >= 0.3 is 0 Å². The third kappa shape index (κ3) is 2.10. The number of ether oxygens (including phenoxy) is 1. The molecule has 1 aliphatic heterocycles. The summed E-state index contributed by atoms with van der Waals surface area (Å²) in [6.07, 6.45) is 0. The van der Waals surface area contributed by atoms with Crippen molar-refractivity contribution in [3.8, 4) is 11.8 Å². The normalized spacial score (nSPS) is 21.7. The fourth-order valence-corrected chi connectivity index (χ4v) is 1.56. The van der Waals surface area contributed by atoms with Crippen molar-refractivity contribution in [1.29, 1.82) is 0 Å². The first kappa shape index (κ1) is 9.97. The molecule has 82 valence electrons. The van der Waals surface area contributed by atoms with Gasteiger partial charge in [0.05, 0.1) is 25.3 Å². The molecule has 1 aromatic heterocycles. The molecule has 0 bridgehead atoms. The van der Waals surface area contributed by atoms with Crippen molar-refractivity contribution in [2.24, 2.45) is 0 Å². The van der Waals surface area contributed by atoms with Crippen LogP contribution in [0.4, 0.5) is 5.95 Å². The van der Waals surface area contributed by atoms with Crippen LogP contribution in [0, 0.1) is 0 Å². The summed E-state index contributed by atoms with van der Waals surface area (Å²) in [5.74, 6) is -0.115. The van der Waals surface area contributed by atoms with Crippen molar-refractivity contribution in [2.45, 2.75) is 13.0 Å². The number of morpholine rings is 1. The van der Waals surface area contributed by atoms with Crippen molar-refractivity contribution in [3.05, 3.63) is 6.07 Å². The van der Waals surface area contributed by atoms with Crippen molar-refractivity contribution < 1.29 is 14.9 Å². The molecular formula is C9H13N3O3. The number of rotatable bonds is 1. The Bertz CT molecular complexity index is 338. The van der Waals surface area contributed by atoms with Crippen LogP contribution in [-0.4, -0.2) is 46.0 Å². The first-order valence-electron chi connectivity index (χ1n) is 4.78. The largest absolute Gasteiger partial charge is 0.493 e. The number of anilines is 1. The molecule has 0 radical (unpaired) electrons. The van der Waals surface area contributed by atoms with E-state index in [1.807, 2.05) is 11.8 Å². The Labute approximate surface area is 87.2 Å². The highest BCUT2D eigenvalue weighted by Gasteiger charge is 2.22. The van der Waals surface area contributed by atoms with Gasteiger partial charge < -0.3 is 19.8 Å². The maximum atomic E-state index is 9.24. The van der Waals surface area contributed by atoms with Gasteiger partial charge in [-0.3, -0.25) is 0 Å². The molecule has 0 amide bonds. The van der Waals surface area contributed by atoms with Crippen LogP contribution >= 0.6 is 0 Å². The summed E-state index contributed by atoms with van der Waals surface area (Å²) in [6.45, 7) is 3.83. The van der Waals surface area contributed by atoms with Crippen LogP contribution in [0.2, 0.25) is 0 Å². The first-order chi connectivity index (χ1) is 7.16. The van der Waals surface area contributed by atoms with Gasteiger partial charge in [-0.25, -0.2) is 0 Å². The van der Waals surface area contributed by atoms with Crippen molar-refractivity contribution in [3.63, 3.8) is 0 Å². The summed E-state index contributed by atoms with van der Waals surface area (Å²) in [7, 11) is 0. The number of hydrogen-bond acceptors (Lipinski definition) is 6. The molecule has 0 spiro atoms. The SMILES string of the molecule is C[C@H]1COCCN1c1nc(O)cc(O)n1. The third-order valence-corrected chi connectivity index (χ3v) is 2.31. The van der Waals surface area contributed by atoms with Gasteiger partial charge in [0.2, 0.25) is 17.7 Å². The topological polar surface area (TPSA) is 78.7 Å². The molecule has 0 saturated carbocycles. The molecule has 0 aliphatic carbocycles. The zero-order chi connectivity index (χ0) is 10.8. The predicted octanol–water partition coefficient (Wildman–Crippen LogP) is 0.113. The maximum Gasteiger partial charge on any atom is 0.232 e. The van der Waals surface area contributed by atoms with E-state index in [1.54, 1.807) is 0 Å². The van der Waals surface area contributed by atoms with E-state index in [0.717, 1.165) is 6.07 Å². The fourth-order valence-electron chi connectivity index (χ4n) is 1.56. The summed E-state index contributed by atoms with van der Waals surface area (Å²) < 4.78 is 5.27. The van der Waals surface area contributed by atoms with Crippen molar-refractivity contribution in [2.75, 3.05) is 24.7 Å². The second-order valence-corrected chi connectivity index (χ2v) is 3.50. The lowest BCUT2D eigenvalue weighted by Crippen LogP contribution is -2.44. The van der Waals surface area contributed by atoms with E-state index >= 15 is 0 Å². The number of hydrogen-bond donors (Lipinski definition) is 2. The fraction of sp³-hybridized carbons (Fsp3) is 0.556. The van der Waals surface area contributed by atoms with E-state index in [1.165, 1.54) is 0 Å². The molecule has 1 saturated heterocycles. The van der Waals surface area contributed by atoms with Crippen LogP contribution in [-0.2, 0) is 4.74 Å². The Hall–Kier alpha value is -1.56. The van der Waals surface area contributed by atoms with Crippen LogP contribution in [0.25, 0.3) is 0 Å². The van der Waals surface area contributed by atoms with Gasteiger partial charge in [-0.15, -0.1) is 0 Å². The van der Waals surface area contributed by atoms with Crippen LogP contribution in [0.15, 0.2) is 6.07 Å². The minimum absolute atomic E-state index is 0.139. The average molecular weight is 211 g/mol. The van der Waals surface area contributed by atoms with Gasteiger partial charge in [0, 0.05) is 6.54 Å². The van der Waals surface area contributed by atoms with E-state index in [0.29, 0.717) is 25.7 Å². The van der Waals surface area contributed by atoms with Crippen LogP contribution in [0.3, 0.4) is 0 Å². The molecule has 1 fully saturated rings. The molecular weight excluding hydrogens is 198 g/mol. The molecule has 1 aromatic rings. The molecule has 1 atom stereocenters. The van der Waals surface area contributed by atoms with Crippen molar-refractivity contribution in [1.82, 2.24) is 9.97 Å². The molecule has 15 heavy (non-hydrogen) atoms. The van der Waals surface area contributed by atoms with Gasteiger partial charge in [0.15, 0.2) is 0 Å². The highest BCUT2D eigenvalue weighted by Crippen LogP contribution is 2.21.